The number of ether oxygens (including phenoxy) is 3. The lowest BCUT2D eigenvalue weighted by molar-refractivity contribution is 0.139. The second-order valence-corrected chi connectivity index (χ2v) is 7.18. The van der Waals surface area contributed by atoms with Crippen molar-refractivity contribution in [2.45, 2.75) is 31.6 Å². The Morgan fingerprint density at radius 1 is 1.18 bits per heavy atom. The van der Waals surface area contributed by atoms with Crippen molar-refractivity contribution in [2.24, 2.45) is 0 Å². The fraction of sp³-hybridized carbons (Fsp3) is 0.625. The number of para-hydroxylation sites is 1. The van der Waals surface area contributed by atoms with Gasteiger partial charge in [-0.2, -0.15) is 25.3 Å². The van der Waals surface area contributed by atoms with Gasteiger partial charge in [-0.3, -0.25) is 0 Å². The summed E-state index contributed by atoms with van der Waals surface area (Å²) in [4.78, 5) is 0. The maximum absolute atomic E-state index is 5.78. The van der Waals surface area contributed by atoms with E-state index in [0.29, 0.717) is 29.3 Å². The zero-order valence-electron chi connectivity index (χ0n) is 13.4. The van der Waals surface area contributed by atoms with Gasteiger partial charge in [-0.15, -0.1) is 0 Å². The third-order valence-electron chi connectivity index (χ3n) is 2.87. The Labute approximate surface area is 147 Å². The van der Waals surface area contributed by atoms with Crippen molar-refractivity contribution in [3.05, 3.63) is 18.2 Å². The Bertz CT molecular complexity index is 418. The first-order chi connectivity index (χ1) is 10.7. The molecule has 0 bridgehead atoms. The van der Waals surface area contributed by atoms with Crippen LogP contribution >= 0.6 is 25.3 Å². The summed E-state index contributed by atoms with van der Waals surface area (Å²) in [6.45, 7) is 6.72. The molecule has 1 unspecified atom stereocenters. The Morgan fingerprint density at radius 3 is 2.64 bits per heavy atom. The number of hydrogen-bond acceptors (Lipinski definition) is 5. The quantitative estimate of drug-likeness (QED) is 0.342. The molecular formula is C16H26O3S2Si. The molecular weight excluding hydrogens is 332 g/mol. The van der Waals surface area contributed by atoms with Gasteiger partial charge in [-0.25, -0.2) is 0 Å². The van der Waals surface area contributed by atoms with Crippen LogP contribution in [0, 0.1) is 0 Å². The van der Waals surface area contributed by atoms with Crippen LogP contribution in [0.3, 0.4) is 0 Å². The number of hydrogen-bond donors (Lipinski definition) is 2. The van der Waals surface area contributed by atoms with Gasteiger partial charge in [-0.05, 0) is 31.5 Å². The molecule has 124 valence electrons. The normalized spacial score (nSPS) is 12.2. The van der Waals surface area contributed by atoms with Crippen LogP contribution in [0.4, 0.5) is 0 Å². The van der Waals surface area contributed by atoms with E-state index in [9.17, 15) is 0 Å². The lowest BCUT2D eigenvalue weighted by Crippen LogP contribution is -2.19. The van der Waals surface area contributed by atoms with Crippen molar-refractivity contribution in [1.82, 2.24) is 0 Å². The second kappa shape index (κ2) is 12.2. The Morgan fingerprint density at radius 2 is 1.95 bits per heavy atom. The first-order valence-corrected chi connectivity index (χ1v) is 10.1. The molecule has 1 rings (SSSR count). The first-order valence-electron chi connectivity index (χ1n) is 7.72. The van der Waals surface area contributed by atoms with Crippen LogP contribution in [0.15, 0.2) is 18.2 Å². The van der Waals surface area contributed by atoms with E-state index in [1.807, 2.05) is 26.0 Å². The molecule has 3 nitrogen and oxygen atoms in total. The van der Waals surface area contributed by atoms with Gasteiger partial charge in [0.15, 0.2) is 11.5 Å². The maximum atomic E-state index is 5.78. The van der Waals surface area contributed by atoms with Crippen molar-refractivity contribution < 1.29 is 14.2 Å². The van der Waals surface area contributed by atoms with E-state index in [-0.39, 0.29) is 5.25 Å². The van der Waals surface area contributed by atoms with Crippen LogP contribution in [0.5, 0.6) is 11.5 Å². The number of benzene rings is 1. The lowest BCUT2D eigenvalue weighted by atomic mass is 10.3. The van der Waals surface area contributed by atoms with Gasteiger partial charge >= 0.3 is 0 Å². The summed E-state index contributed by atoms with van der Waals surface area (Å²) in [5.74, 6) is 2.49. The lowest BCUT2D eigenvalue weighted by Gasteiger charge is -2.15. The molecule has 0 amide bonds. The van der Waals surface area contributed by atoms with Crippen LogP contribution in [-0.2, 0) is 4.74 Å². The van der Waals surface area contributed by atoms with Gasteiger partial charge in [-0.1, -0.05) is 18.2 Å². The summed E-state index contributed by atoms with van der Waals surface area (Å²) in [5.41, 5.74) is 0. The number of thiol groups is 2. The first kappa shape index (κ1) is 19.7. The molecule has 2 radical (unpaired) electrons. The topological polar surface area (TPSA) is 27.7 Å². The highest BCUT2D eigenvalue weighted by Gasteiger charge is 2.11. The van der Waals surface area contributed by atoms with E-state index in [1.165, 1.54) is 5.19 Å². The molecule has 0 aliphatic heterocycles. The molecule has 22 heavy (non-hydrogen) atoms. The molecule has 1 aromatic rings. The zero-order valence-corrected chi connectivity index (χ0v) is 16.2. The van der Waals surface area contributed by atoms with Crippen LogP contribution in [0.25, 0.3) is 0 Å². The smallest absolute Gasteiger partial charge is 0.160 e. The molecule has 0 saturated carbocycles. The van der Waals surface area contributed by atoms with E-state index < -0.39 is 0 Å². The zero-order chi connectivity index (χ0) is 16.2. The standard InChI is InChI=1S/C16H26O3S2Si/c1-3-18-14-7-5-8-15(16(14)19-4-2)22-10-6-9-17-11-13(21)12-20/h5,7-8,13,20-21H,3-4,6,9-12H2,1-2H3. The van der Waals surface area contributed by atoms with Crippen molar-refractivity contribution in [2.75, 3.05) is 32.2 Å². The molecule has 0 fully saturated rings. The molecule has 0 N–H and O–H groups in total. The molecule has 0 aliphatic rings. The minimum absolute atomic E-state index is 0.221. The van der Waals surface area contributed by atoms with E-state index >= 15 is 0 Å². The van der Waals surface area contributed by atoms with Crippen molar-refractivity contribution in [3.8, 4) is 11.5 Å². The predicted molar refractivity (Wildman–Crippen MR) is 101 cm³/mol. The molecule has 0 heterocycles. The SMILES string of the molecule is CCOc1cccc([Si]CCCOCC(S)CS)c1OCC. The third kappa shape index (κ3) is 7.31. The second-order valence-electron chi connectivity index (χ2n) is 4.69. The Kier molecular flexibility index (Phi) is 10.9. The largest absolute Gasteiger partial charge is 0.490 e. The van der Waals surface area contributed by atoms with Gasteiger partial charge in [0.25, 0.3) is 0 Å². The van der Waals surface area contributed by atoms with Crippen molar-refractivity contribution >= 4 is 40.0 Å². The highest BCUT2D eigenvalue weighted by molar-refractivity contribution is 7.84. The highest BCUT2D eigenvalue weighted by Crippen LogP contribution is 2.24. The van der Waals surface area contributed by atoms with E-state index in [2.05, 4.69) is 31.3 Å². The van der Waals surface area contributed by atoms with Crippen LogP contribution in [-0.4, -0.2) is 46.9 Å². The molecule has 1 aromatic carbocycles. The molecule has 0 spiro atoms. The highest BCUT2D eigenvalue weighted by atomic mass is 32.1. The van der Waals surface area contributed by atoms with E-state index in [0.717, 1.165) is 36.3 Å². The van der Waals surface area contributed by atoms with Gasteiger partial charge in [0.2, 0.25) is 0 Å². The average molecular weight is 359 g/mol. The van der Waals surface area contributed by atoms with Crippen molar-refractivity contribution in [1.29, 1.82) is 0 Å². The average Bonchev–Trinajstić information content (AvgIpc) is 2.53. The summed E-state index contributed by atoms with van der Waals surface area (Å²) < 4.78 is 17.0. The summed E-state index contributed by atoms with van der Waals surface area (Å²) >= 11 is 8.53. The molecule has 0 aliphatic carbocycles. The van der Waals surface area contributed by atoms with E-state index in [4.69, 9.17) is 14.2 Å². The van der Waals surface area contributed by atoms with Gasteiger partial charge in [0.1, 0.15) is 0 Å². The maximum Gasteiger partial charge on any atom is 0.160 e. The predicted octanol–water partition coefficient (Wildman–Crippen LogP) is 2.87. The van der Waals surface area contributed by atoms with Crippen molar-refractivity contribution in [3.63, 3.8) is 0 Å². The van der Waals surface area contributed by atoms with Crippen LogP contribution in [0.1, 0.15) is 20.3 Å². The summed E-state index contributed by atoms with van der Waals surface area (Å²) in [5, 5.41) is 1.45. The van der Waals surface area contributed by atoms with E-state index in [1.54, 1.807) is 0 Å². The van der Waals surface area contributed by atoms with Crippen LogP contribution in [0.2, 0.25) is 6.04 Å². The fourth-order valence-electron chi connectivity index (χ4n) is 1.89. The molecule has 0 saturated heterocycles. The Balaban J connectivity index is 2.42. The fourth-order valence-corrected chi connectivity index (χ4v) is 3.26. The minimum Gasteiger partial charge on any atom is -0.490 e. The summed E-state index contributed by atoms with van der Waals surface area (Å²) in [6, 6.07) is 7.21. The molecule has 1 atom stereocenters. The summed E-state index contributed by atoms with van der Waals surface area (Å²) in [7, 11) is 0.701. The molecule has 6 heteroatoms. The molecule has 0 aromatic heterocycles. The van der Waals surface area contributed by atoms with Gasteiger partial charge in [0, 0.05) is 17.6 Å². The number of rotatable bonds is 12. The van der Waals surface area contributed by atoms with Gasteiger partial charge in [0.05, 0.1) is 29.3 Å². The van der Waals surface area contributed by atoms with Gasteiger partial charge < -0.3 is 14.2 Å². The third-order valence-corrected chi connectivity index (χ3v) is 5.31. The summed E-state index contributed by atoms with van der Waals surface area (Å²) in [6.07, 6.45) is 1.04. The minimum atomic E-state index is 0.221. The van der Waals surface area contributed by atoms with Crippen LogP contribution < -0.4 is 14.7 Å². The monoisotopic (exact) mass is 358 g/mol. The Hall–Kier alpha value is -0.303.